The minimum Gasteiger partial charge on any atom is -0.300 e. The van der Waals surface area contributed by atoms with E-state index in [1.165, 1.54) is 6.07 Å². The second kappa shape index (κ2) is 14.5. The summed E-state index contributed by atoms with van der Waals surface area (Å²) in [6, 6.07) is 2.92. The summed E-state index contributed by atoms with van der Waals surface area (Å²) in [6.45, 7) is 9.70. The molecule has 0 aromatic carbocycles. The fraction of sp³-hybridized carbons (Fsp3) is 0.593. The highest BCUT2D eigenvalue weighted by Crippen LogP contribution is 2.29. The average Bonchev–Trinajstić information content (AvgIpc) is 3.31. The lowest BCUT2D eigenvalue weighted by Crippen LogP contribution is -2.20. The highest BCUT2D eigenvalue weighted by molar-refractivity contribution is 6.20. The molecule has 0 aliphatic rings. The average molecular weight is 500 g/mol. The van der Waals surface area contributed by atoms with Crippen molar-refractivity contribution in [3.63, 3.8) is 0 Å². The number of ketones is 3. The van der Waals surface area contributed by atoms with Gasteiger partial charge in [0.05, 0.1) is 11.3 Å². The Balaban J connectivity index is 2.27. The molecule has 0 aliphatic carbocycles. The van der Waals surface area contributed by atoms with E-state index in [0.717, 1.165) is 12.0 Å². The zero-order valence-corrected chi connectivity index (χ0v) is 22.1. The minimum absolute atomic E-state index is 0.0135. The van der Waals surface area contributed by atoms with Gasteiger partial charge in [-0.05, 0) is 81.4 Å². The van der Waals surface area contributed by atoms with Gasteiger partial charge >= 0.3 is 0 Å². The van der Waals surface area contributed by atoms with E-state index in [0.29, 0.717) is 56.6 Å². The van der Waals surface area contributed by atoms with Gasteiger partial charge in [-0.15, -0.1) is 5.10 Å². The van der Waals surface area contributed by atoms with Gasteiger partial charge in [0, 0.05) is 37.9 Å². The number of nitrogens with zero attached hydrogens (tertiary/aromatic N) is 5. The van der Waals surface area contributed by atoms with Crippen LogP contribution in [-0.2, 0) is 33.8 Å². The molecule has 9 heteroatoms. The summed E-state index contributed by atoms with van der Waals surface area (Å²) >= 11 is 0. The van der Waals surface area contributed by atoms with Gasteiger partial charge in [-0.25, -0.2) is 9.07 Å². The maximum Gasteiger partial charge on any atom is 0.166 e. The van der Waals surface area contributed by atoms with E-state index in [-0.39, 0.29) is 53.2 Å². The molecule has 0 bridgehead atoms. The molecule has 2 aromatic rings. The number of hydrogen-bond donors (Lipinski definition) is 0. The molecule has 2 heterocycles. The number of carbonyl (C=O) groups excluding carboxylic acids is 3. The first-order chi connectivity index (χ1) is 17.2. The first-order valence-electron chi connectivity index (χ1n) is 12.9. The molecular formula is C27H38FN5O3. The fourth-order valence-corrected chi connectivity index (χ4v) is 4.47. The van der Waals surface area contributed by atoms with Crippen LogP contribution in [0.3, 0.4) is 0 Å². The minimum atomic E-state index is -0.389. The highest BCUT2D eigenvalue weighted by Gasteiger charge is 2.26. The largest absolute Gasteiger partial charge is 0.300 e. The Morgan fingerprint density at radius 2 is 1.75 bits per heavy atom. The van der Waals surface area contributed by atoms with E-state index in [2.05, 4.69) is 20.5 Å². The number of Topliss-reactive ketones (excluding diaryl/α,β-unsaturated/α-hetero) is 3. The summed E-state index contributed by atoms with van der Waals surface area (Å²) in [5.74, 6) is -0.00457. The van der Waals surface area contributed by atoms with Gasteiger partial charge in [0.2, 0.25) is 0 Å². The standard InChI is InChI=1S/C27H38FN5O3/c1-6-20(13-12-18(4)34)22(7-2)27(24(35)10-9-11-26-30-31-32-33(26)8-3)25(36)17-15-21-14-16-23(28)19(5)29-21/h14,16,20H,6-13,15,17H2,1-5H3. The van der Waals surface area contributed by atoms with Crippen LogP contribution in [0.1, 0.15) is 89.9 Å². The van der Waals surface area contributed by atoms with Crippen LogP contribution in [0, 0.1) is 18.7 Å². The predicted octanol–water partition coefficient (Wildman–Crippen LogP) is 4.73. The zero-order chi connectivity index (χ0) is 26.7. The van der Waals surface area contributed by atoms with E-state index in [1.54, 1.807) is 24.6 Å². The Kier molecular flexibility index (Phi) is 11.7. The van der Waals surface area contributed by atoms with E-state index in [9.17, 15) is 18.8 Å². The molecule has 0 aliphatic heterocycles. The Morgan fingerprint density at radius 3 is 2.36 bits per heavy atom. The Bertz CT molecular complexity index is 1090. The Labute approximate surface area is 212 Å². The Hall–Kier alpha value is -3.10. The van der Waals surface area contributed by atoms with Gasteiger partial charge in [-0.1, -0.05) is 19.4 Å². The van der Waals surface area contributed by atoms with Gasteiger partial charge in [-0.3, -0.25) is 14.6 Å². The second-order valence-corrected chi connectivity index (χ2v) is 9.08. The van der Waals surface area contributed by atoms with Crippen molar-refractivity contribution in [1.29, 1.82) is 0 Å². The van der Waals surface area contributed by atoms with Gasteiger partial charge < -0.3 is 4.79 Å². The molecule has 196 valence electrons. The molecule has 0 fully saturated rings. The normalized spacial score (nSPS) is 12.8. The van der Waals surface area contributed by atoms with Crippen molar-refractivity contribution in [3.8, 4) is 0 Å². The molecule has 36 heavy (non-hydrogen) atoms. The number of pyridine rings is 1. The van der Waals surface area contributed by atoms with E-state index in [4.69, 9.17) is 0 Å². The molecule has 0 saturated carbocycles. The van der Waals surface area contributed by atoms with Crippen molar-refractivity contribution in [2.75, 3.05) is 0 Å². The molecule has 0 amide bonds. The van der Waals surface area contributed by atoms with Crippen molar-refractivity contribution in [1.82, 2.24) is 25.2 Å². The maximum atomic E-state index is 13.6. The first kappa shape index (κ1) is 29.1. The third-order valence-corrected chi connectivity index (χ3v) is 6.49. The summed E-state index contributed by atoms with van der Waals surface area (Å²) in [5, 5.41) is 11.6. The quantitative estimate of drug-likeness (QED) is 0.187. The van der Waals surface area contributed by atoms with E-state index >= 15 is 0 Å². The number of aryl methyl sites for hydroxylation is 4. The molecule has 2 rings (SSSR count). The van der Waals surface area contributed by atoms with Crippen molar-refractivity contribution in [3.05, 3.63) is 46.3 Å². The van der Waals surface area contributed by atoms with Gasteiger partial charge in [-0.2, -0.15) is 0 Å². The van der Waals surface area contributed by atoms with Crippen molar-refractivity contribution in [2.24, 2.45) is 5.92 Å². The smallest absolute Gasteiger partial charge is 0.166 e. The number of rotatable bonds is 16. The summed E-state index contributed by atoms with van der Waals surface area (Å²) in [6.07, 6.45) is 4.03. The van der Waals surface area contributed by atoms with Crippen LogP contribution in [0.4, 0.5) is 4.39 Å². The predicted molar refractivity (Wildman–Crippen MR) is 135 cm³/mol. The van der Waals surface area contributed by atoms with Crippen LogP contribution in [0.15, 0.2) is 23.3 Å². The number of hydrogen-bond acceptors (Lipinski definition) is 7. The van der Waals surface area contributed by atoms with Crippen LogP contribution in [0.5, 0.6) is 0 Å². The molecule has 0 N–H and O–H groups in total. The third kappa shape index (κ3) is 8.24. The number of carbonyl (C=O) groups is 3. The van der Waals surface area contributed by atoms with Crippen LogP contribution in [0.25, 0.3) is 0 Å². The van der Waals surface area contributed by atoms with Gasteiger partial charge in [0.1, 0.15) is 11.6 Å². The summed E-state index contributed by atoms with van der Waals surface area (Å²) in [4.78, 5) is 42.8. The van der Waals surface area contributed by atoms with Crippen molar-refractivity contribution < 1.29 is 18.8 Å². The molecular weight excluding hydrogens is 461 g/mol. The number of halogens is 1. The molecule has 0 radical (unpaired) electrons. The maximum absolute atomic E-state index is 13.6. The first-order valence-corrected chi connectivity index (χ1v) is 12.9. The third-order valence-electron chi connectivity index (χ3n) is 6.49. The zero-order valence-electron chi connectivity index (χ0n) is 22.1. The van der Waals surface area contributed by atoms with Crippen LogP contribution in [0.2, 0.25) is 0 Å². The highest BCUT2D eigenvalue weighted by atomic mass is 19.1. The van der Waals surface area contributed by atoms with Gasteiger partial charge in [0.15, 0.2) is 17.4 Å². The van der Waals surface area contributed by atoms with Crippen LogP contribution < -0.4 is 0 Å². The SMILES string of the molecule is CCC(=C(C(=O)CCCc1nnnn1CC)C(=O)CCc1ccc(F)c(C)n1)C(CC)CCC(C)=O. The van der Waals surface area contributed by atoms with E-state index < -0.39 is 0 Å². The molecule has 0 spiro atoms. The Morgan fingerprint density at radius 1 is 1.03 bits per heavy atom. The van der Waals surface area contributed by atoms with Crippen molar-refractivity contribution >= 4 is 17.3 Å². The topological polar surface area (TPSA) is 108 Å². The second-order valence-electron chi connectivity index (χ2n) is 9.08. The molecule has 1 unspecified atom stereocenters. The summed E-state index contributed by atoms with van der Waals surface area (Å²) < 4.78 is 15.3. The van der Waals surface area contributed by atoms with Crippen LogP contribution >= 0.6 is 0 Å². The van der Waals surface area contributed by atoms with E-state index in [1.807, 2.05) is 20.8 Å². The molecule has 8 nitrogen and oxygen atoms in total. The lowest BCUT2D eigenvalue weighted by molar-refractivity contribution is -0.121. The molecule has 1 atom stereocenters. The number of aromatic nitrogens is 5. The summed E-state index contributed by atoms with van der Waals surface area (Å²) in [7, 11) is 0. The monoisotopic (exact) mass is 499 g/mol. The number of allylic oxidation sites excluding steroid dienone is 2. The van der Waals surface area contributed by atoms with Crippen molar-refractivity contribution in [2.45, 2.75) is 99.0 Å². The molecule has 0 saturated heterocycles. The molecule has 2 aromatic heterocycles. The number of tetrazole rings is 1. The summed E-state index contributed by atoms with van der Waals surface area (Å²) in [5.41, 5.74) is 1.99. The van der Waals surface area contributed by atoms with Crippen LogP contribution in [-0.4, -0.2) is 42.5 Å². The fourth-order valence-electron chi connectivity index (χ4n) is 4.47. The lowest BCUT2D eigenvalue weighted by atomic mass is 9.82. The van der Waals surface area contributed by atoms with Gasteiger partial charge in [0.25, 0.3) is 0 Å². The lowest BCUT2D eigenvalue weighted by Gasteiger charge is -2.21.